The molecule has 0 saturated carbocycles. The lowest BCUT2D eigenvalue weighted by atomic mass is 9.85. The molecule has 1 aliphatic heterocycles. The van der Waals surface area contributed by atoms with Gasteiger partial charge in [-0.3, -0.25) is 4.90 Å². The number of methoxy groups -OCH3 is 1. The van der Waals surface area contributed by atoms with Crippen molar-refractivity contribution in [3.8, 4) is 5.75 Å². The molecule has 4 heteroatoms. The fourth-order valence-electron chi connectivity index (χ4n) is 2.60. The van der Waals surface area contributed by atoms with E-state index in [1.807, 2.05) is 6.07 Å². The van der Waals surface area contributed by atoms with Gasteiger partial charge in [0.1, 0.15) is 5.75 Å². The zero-order chi connectivity index (χ0) is 14.8. The van der Waals surface area contributed by atoms with E-state index < -0.39 is 0 Å². The summed E-state index contributed by atoms with van der Waals surface area (Å²) in [6, 6.07) is 6.89. The summed E-state index contributed by atoms with van der Waals surface area (Å²) in [5.41, 5.74) is 1.63. The van der Waals surface area contributed by atoms with E-state index in [1.54, 1.807) is 7.11 Å². The van der Waals surface area contributed by atoms with Crippen LogP contribution in [0.25, 0.3) is 0 Å². The van der Waals surface area contributed by atoms with E-state index in [4.69, 9.17) is 4.74 Å². The van der Waals surface area contributed by atoms with Crippen LogP contribution in [0.15, 0.2) is 22.7 Å². The van der Waals surface area contributed by atoms with Crippen molar-refractivity contribution in [2.24, 2.45) is 5.41 Å². The molecule has 1 aliphatic rings. The van der Waals surface area contributed by atoms with Crippen molar-refractivity contribution >= 4 is 15.9 Å². The van der Waals surface area contributed by atoms with Crippen molar-refractivity contribution in [3.05, 3.63) is 28.2 Å². The minimum absolute atomic E-state index is 0.305. The van der Waals surface area contributed by atoms with E-state index >= 15 is 0 Å². The van der Waals surface area contributed by atoms with E-state index in [0.717, 1.165) is 36.4 Å². The van der Waals surface area contributed by atoms with Crippen molar-refractivity contribution < 1.29 is 4.74 Å². The summed E-state index contributed by atoms with van der Waals surface area (Å²) in [5, 5.41) is 3.63. The number of hydrogen-bond acceptors (Lipinski definition) is 3. The Labute approximate surface area is 130 Å². The predicted octanol–water partition coefficient (Wildman–Crippen LogP) is 3.28. The molecule has 0 radical (unpaired) electrons. The van der Waals surface area contributed by atoms with Crippen LogP contribution in [0.4, 0.5) is 0 Å². The largest absolute Gasteiger partial charge is 0.496 e. The van der Waals surface area contributed by atoms with Crippen LogP contribution < -0.4 is 10.1 Å². The van der Waals surface area contributed by atoms with Gasteiger partial charge in [0.25, 0.3) is 0 Å². The minimum Gasteiger partial charge on any atom is -0.496 e. The second-order valence-electron chi connectivity index (χ2n) is 6.58. The Hall–Kier alpha value is -0.580. The molecule has 0 aromatic heterocycles. The first-order valence-corrected chi connectivity index (χ1v) is 7.97. The lowest BCUT2D eigenvalue weighted by Crippen LogP contribution is -2.55. The van der Waals surface area contributed by atoms with Crippen LogP contribution in [-0.4, -0.2) is 37.7 Å². The second kappa shape index (κ2) is 6.46. The van der Waals surface area contributed by atoms with Gasteiger partial charge in [-0.1, -0.05) is 26.8 Å². The molecule has 1 fully saturated rings. The number of nitrogens with one attached hydrogen (secondary N) is 1. The Bertz CT molecular complexity index is 456. The van der Waals surface area contributed by atoms with Crippen molar-refractivity contribution in [2.75, 3.05) is 26.7 Å². The van der Waals surface area contributed by atoms with Gasteiger partial charge < -0.3 is 10.1 Å². The number of hydrogen-bond donors (Lipinski definition) is 1. The fraction of sp³-hybridized carbons (Fsp3) is 0.625. The highest BCUT2D eigenvalue weighted by molar-refractivity contribution is 9.10. The quantitative estimate of drug-likeness (QED) is 0.913. The fourth-order valence-corrected chi connectivity index (χ4v) is 3.19. The van der Waals surface area contributed by atoms with Gasteiger partial charge in [0, 0.05) is 32.2 Å². The summed E-state index contributed by atoms with van der Waals surface area (Å²) < 4.78 is 6.31. The van der Waals surface area contributed by atoms with Crippen LogP contribution >= 0.6 is 15.9 Å². The Kier molecular flexibility index (Phi) is 5.10. The molecule has 2 rings (SSSR count). The lowest BCUT2D eigenvalue weighted by molar-refractivity contribution is 0.129. The molecule has 1 N–H and O–H groups in total. The molecular formula is C16H25BrN2O. The molecule has 20 heavy (non-hydrogen) atoms. The molecule has 3 nitrogen and oxygen atoms in total. The van der Waals surface area contributed by atoms with Crippen molar-refractivity contribution in [3.63, 3.8) is 0 Å². The first kappa shape index (κ1) is 15.8. The average Bonchev–Trinajstić information content (AvgIpc) is 2.38. The molecule has 0 aliphatic carbocycles. The first-order chi connectivity index (χ1) is 9.40. The van der Waals surface area contributed by atoms with Crippen molar-refractivity contribution in [1.82, 2.24) is 10.2 Å². The third-order valence-electron chi connectivity index (χ3n) is 3.93. The van der Waals surface area contributed by atoms with Crippen LogP contribution in [-0.2, 0) is 6.54 Å². The SMILES string of the molecule is COc1ccc(CN2CCNC(C(C)(C)C)C2)cc1Br. The zero-order valence-electron chi connectivity index (χ0n) is 12.9. The van der Waals surface area contributed by atoms with Crippen molar-refractivity contribution in [2.45, 2.75) is 33.4 Å². The number of piperazine rings is 1. The average molecular weight is 341 g/mol. The molecule has 1 saturated heterocycles. The van der Waals surface area contributed by atoms with Gasteiger partial charge in [-0.2, -0.15) is 0 Å². The molecule has 112 valence electrons. The summed E-state index contributed by atoms with van der Waals surface area (Å²) in [5.74, 6) is 0.890. The third-order valence-corrected chi connectivity index (χ3v) is 4.55. The molecule has 0 bridgehead atoms. The predicted molar refractivity (Wildman–Crippen MR) is 87.2 cm³/mol. The zero-order valence-corrected chi connectivity index (χ0v) is 14.5. The second-order valence-corrected chi connectivity index (χ2v) is 7.43. The maximum Gasteiger partial charge on any atom is 0.133 e. The third kappa shape index (κ3) is 3.96. The lowest BCUT2D eigenvalue weighted by Gasteiger charge is -2.40. The molecule has 1 atom stereocenters. The van der Waals surface area contributed by atoms with E-state index in [2.05, 4.69) is 59.1 Å². The molecule has 0 spiro atoms. The van der Waals surface area contributed by atoms with Gasteiger partial charge in [0.2, 0.25) is 0 Å². The van der Waals surface area contributed by atoms with Gasteiger partial charge in [-0.05, 0) is 39.0 Å². The van der Waals surface area contributed by atoms with Gasteiger partial charge in [0.05, 0.1) is 11.6 Å². The summed E-state index contributed by atoms with van der Waals surface area (Å²) in [6.45, 7) is 11.2. The highest BCUT2D eigenvalue weighted by atomic mass is 79.9. The van der Waals surface area contributed by atoms with Crippen LogP contribution in [0.3, 0.4) is 0 Å². The molecular weight excluding hydrogens is 316 g/mol. The number of nitrogens with zero attached hydrogens (tertiary/aromatic N) is 1. The van der Waals surface area contributed by atoms with Gasteiger partial charge in [0.15, 0.2) is 0 Å². The summed E-state index contributed by atoms with van der Waals surface area (Å²) in [4.78, 5) is 2.53. The Morgan fingerprint density at radius 2 is 2.15 bits per heavy atom. The number of rotatable bonds is 3. The number of halogens is 1. The standard InChI is InChI=1S/C16H25BrN2O/c1-16(2,3)15-11-19(8-7-18-15)10-12-5-6-14(20-4)13(17)9-12/h5-6,9,15,18H,7-8,10-11H2,1-4H3. The Morgan fingerprint density at radius 3 is 2.75 bits per heavy atom. The topological polar surface area (TPSA) is 24.5 Å². The van der Waals surface area contributed by atoms with E-state index in [0.29, 0.717) is 11.5 Å². The normalized spacial score (nSPS) is 20.9. The van der Waals surface area contributed by atoms with Crippen LogP contribution in [0.1, 0.15) is 26.3 Å². The maximum atomic E-state index is 5.28. The highest BCUT2D eigenvalue weighted by Gasteiger charge is 2.29. The van der Waals surface area contributed by atoms with E-state index in [9.17, 15) is 0 Å². The van der Waals surface area contributed by atoms with Gasteiger partial charge in [-0.15, -0.1) is 0 Å². The van der Waals surface area contributed by atoms with Crippen molar-refractivity contribution in [1.29, 1.82) is 0 Å². The Morgan fingerprint density at radius 1 is 1.40 bits per heavy atom. The minimum atomic E-state index is 0.305. The molecule has 1 aromatic carbocycles. The molecule has 0 amide bonds. The van der Waals surface area contributed by atoms with E-state index in [-0.39, 0.29) is 0 Å². The Balaban J connectivity index is 2.01. The van der Waals surface area contributed by atoms with E-state index in [1.165, 1.54) is 5.56 Å². The molecule has 1 aromatic rings. The highest BCUT2D eigenvalue weighted by Crippen LogP contribution is 2.27. The smallest absolute Gasteiger partial charge is 0.133 e. The van der Waals surface area contributed by atoms with Crippen LogP contribution in [0.2, 0.25) is 0 Å². The number of benzene rings is 1. The van der Waals surface area contributed by atoms with Gasteiger partial charge >= 0.3 is 0 Å². The summed E-state index contributed by atoms with van der Waals surface area (Å²) >= 11 is 3.56. The molecule has 1 unspecified atom stereocenters. The maximum absolute atomic E-state index is 5.28. The molecule has 1 heterocycles. The number of ether oxygens (including phenoxy) is 1. The van der Waals surface area contributed by atoms with Gasteiger partial charge in [-0.25, -0.2) is 0 Å². The first-order valence-electron chi connectivity index (χ1n) is 7.18. The van der Waals surface area contributed by atoms with Crippen LogP contribution in [0.5, 0.6) is 5.75 Å². The monoisotopic (exact) mass is 340 g/mol. The van der Waals surface area contributed by atoms with Crippen LogP contribution in [0, 0.1) is 5.41 Å². The summed E-state index contributed by atoms with van der Waals surface area (Å²) in [7, 11) is 1.70. The summed E-state index contributed by atoms with van der Waals surface area (Å²) in [6.07, 6.45) is 0.